The van der Waals surface area contributed by atoms with Crippen LogP contribution in [-0.4, -0.2) is 13.7 Å². The molecule has 0 aliphatic heterocycles. The number of rotatable bonds is 7. The molecule has 112 valence electrons. The van der Waals surface area contributed by atoms with Gasteiger partial charge in [0.2, 0.25) is 0 Å². The smallest absolute Gasteiger partial charge is 0.123 e. The lowest BCUT2D eigenvalue weighted by atomic mass is 10.2. The summed E-state index contributed by atoms with van der Waals surface area (Å²) in [6, 6.07) is 12.8. The topological polar surface area (TPSA) is 21.3 Å². The molecule has 0 radical (unpaired) electrons. The highest BCUT2D eigenvalue weighted by molar-refractivity contribution is 7.99. The van der Waals surface area contributed by atoms with Crippen molar-refractivity contribution < 1.29 is 9.13 Å². The van der Waals surface area contributed by atoms with Crippen molar-refractivity contribution in [3.05, 3.63) is 53.8 Å². The molecule has 0 saturated heterocycles. The van der Waals surface area contributed by atoms with Gasteiger partial charge in [-0.05, 0) is 54.9 Å². The predicted octanol–water partition coefficient (Wildman–Crippen LogP) is 4.49. The van der Waals surface area contributed by atoms with E-state index in [4.69, 9.17) is 4.74 Å². The first kappa shape index (κ1) is 15.9. The van der Waals surface area contributed by atoms with Crippen molar-refractivity contribution in [1.29, 1.82) is 0 Å². The van der Waals surface area contributed by atoms with Crippen molar-refractivity contribution >= 4 is 11.8 Å². The number of hydrogen-bond donors (Lipinski definition) is 1. The van der Waals surface area contributed by atoms with Crippen molar-refractivity contribution in [3.8, 4) is 5.75 Å². The maximum atomic E-state index is 13.5. The summed E-state index contributed by atoms with van der Waals surface area (Å²) in [6.07, 6.45) is 1.06. The van der Waals surface area contributed by atoms with Gasteiger partial charge in [0, 0.05) is 16.3 Å². The Balaban J connectivity index is 2.17. The van der Waals surface area contributed by atoms with Gasteiger partial charge in [0.15, 0.2) is 0 Å². The lowest BCUT2D eigenvalue weighted by molar-refractivity contribution is 0.413. The lowest BCUT2D eigenvalue weighted by Gasteiger charge is -2.11. The molecular weight excluding hydrogens is 285 g/mol. The molecule has 0 spiro atoms. The summed E-state index contributed by atoms with van der Waals surface area (Å²) < 4.78 is 18.7. The van der Waals surface area contributed by atoms with E-state index in [-0.39, 0.29) is 5.82 Å². The molecule has 0 saturated carbocycles. The molecule has 4 heteroatoms. The summed E-state index contributed by atoms with van der Waals surface area (Å²) in [4.78, 5) is 2.14. The van der Waals surface area contributed by atoms with Gasteiger partial charge in [0.25, 0.3) is 0 Å². The predicted molar refractivity (Wildman–Crippen MR) is 85.5 cm³/mol. The van der Waals surface area contributed by atoms with Gasteiger partial charge in [-0.15, -0.1) is 0 Å². The number of methoxy groups -OCH3 is 1. The number of ether oxygens (including phenoxy) is 1. The standard InChI is InChI=1S/C17H20FNOS/c1-3-9-19-12-13-10-14(18)7-8-17(13)21-16-6-4-5-15(11-16)20-2/h4-8,10-11,19H,3,9,12H2,1-2H3. The minimum Gasteiger partial charge on any atom is -0.497 e. The SMILES string of the molecule is CCCNCc1cc(F)ccc1Sc1cccc(OC)c1. The van der Waals surface area contributed by atoms with Crippen LogP contribution < -0.4 is 10.1 Å². The van der Waals surface area contributed by atoms with Crippen molar-refractivity contribution in [2.24, 2.45) is 0 Å². The second-order valence-corrected chi connectivity index (χ2v) is 5.83. The van der Waals surface area contributed by atoms with Crippen LogP contribution in [0.4, 0.5) is 4.39 Å². The first-order chi connectivity index (χ1) is 10.2. The molecule has 0 unspecified atom stereocenters. The van der Waals surface area contributed by atoms with Crippen LogP contribution >= 0.6 is 11.8 Å². The fraction of sp³-hybridized carbons (Fsp3) is 0.294. The largest absolute Gasteiger partial charge is 0.497 e. The van der Waals surface area contributed by atoms with E-state index in [9.17, 15) is 4.39 Å². The zero-order valence-electron chi connectivity index (χ0n) is 12.4. The highest BCUT2D eigenvalue weighted by Crippen LogP contribution is 2.32. The van der Waals surface area contributed by atoms with Gasteiger partial charge in [-0.2, -0.15) is 0 Å². The molecular formula is C17H20FNOS. The van der Waals surface area contributed by atoms with Crippen molar-refractivity contribution in [3.63, 3.8) is 0 Å². The fourth-order valence-electron chi connectivity index (χ4n) is 1.98. The van der Waals surface area contributed by atoms with E-state index >= 15 is 0 Å². The summed E-state index contributed by atoms with van der Waals surface area (Å²) in [7, 11) is 1.65. The third kappa shape index (κ3) is 4.76. The molecule has 2 aromatic carbocycles. The average molecular weight is 305 g/mol. The molecule has 2 aromatic rings. The van der Waals surface area contributed by atoms with Crippen LogP contribution in [0.5, 0.6) is 5.75 Å². The van der Waals surface area contributed by atoms with E-state index in [1.54, 1.807) is 24.9 Å². The highest BCUT2D eigenvalue weighted by atomic mass is 32.2. The first-order valence-electron chi connectivity index (χ1n) is 7.04. The number of nitrogens with one attached hydrogen (secondary N) is 1. The third-order valence-corrected chi connectivity index (χ3v) is 4.14. The zero-order valence-corrected chi connectivity index (χ0v) is 13.2. The van der Waals surface area contributed by atoms with Gasteiger partial charge in [-0.3, -0.25) is 0 Å². The Kier molecular flexibility index (Phi) is 6.08. The minimum atomic E-state index is -0.196. The Morgan fingerprint density at radius 3 is 2.81 bits per heavy atom. The molecule has 2 rings (SSSR count). The van der Waals surface area contributed by atoms with Crippen molar-refractivity contribution in [1.82, 2.24) is 5.32 Å². The molecule has 0 atom stereocenters. The number of hydrogen-bond acceptors (Lipinski definition) is 3. The summed E-state index contributed by atoms with van der Waals surface area (Å²) >= 11 is 1.62. The molecule has 0 bridgehead atoms. The Bertz CT molecular complexity index is 589. The lowest BCUT2D eigenvalue weighted by Crippen LogP contribution is -2.14. The van der Waals surface area contributed by atoms with E-state index < -0.39 is 0 Å². The Morgan fingerprint density at radius 2 is 2.05 bits per heavy atom. The summed E-state index contributed by atoms with van der Waals surface area (Å²) in [6.45, 7) is 3.72. The summed E-state index contributed by atoms with van der Waals surface area (Å²) in [5, 5.41) is 3.32. The fourth-order valence-corrected chi connectivity index (χ4v) is 2.95. The number of halogens is 1. The molecule has 1 N–H and O–H groups in total. The van der Waals surface area contributed by atoms with Gasteiger partial charge >= 0.3 is 0 Å². The Labute approximate surface area is 129 Å². The van der Waals surface area contributed by atoms with Crippen molar-refractivity contribution in [2.45, 2.75) is 29.7 Å². The zero-order chi connectivity index (χ0) is 15.1. The average Bonchev–Trinajstić information content (AvgIpc) is 2.50. The summed E-state index contributed by atoms with van der Waals surface area (Å²) in [5.41, 5.74) is 0.983. The molecule has 2 nitrogen and oxygen atoms in total. The maximum Gasteiger partial charge on any atom is 0.123 e. The van der Waals surface area contributed by atoms with Crippen LogP contribution in [0.3, 0.4) is 0 Å². The van der Waals surface area contributed by atoms with Crippen LogP contribution in [0.1, 0.15) is 18.9 Å². The van der Waals surface area contributed by atoms with Crippen LogP contribution in [0.15, 0.2) is 52.3 Å². The van der Waals surface area contributed by atoms with Crippen LogP contribution in [0.25, 0.3) is 0 Å². The Morgan fingerprint density at radius 1 is 1.19 bits per heavy atom. The quantitative estimate of drug-likeness (QED) is 0.762. The van der Waals surface area contributed by atoms with Gasteiger partial charge < -0.3 is 10.1 Å². The maximum absolute atomic E-state index is 13.5. The van der Waals surface area contributed by atoms with Gasteiger partial charge in [-0.25, -0.2) is 4.39 Å². The Hall–Kier alpha value is -1.52. The molecule has 21 heavy (non-hydrogen) atoms. The van der Waals surface area contributed by atoms with E-state index in [0.29, 0.717) is 6.54 Å². The van der Waals surface area contributed by atoms with E-state index in [1.807, 2.05) is 30.3 Å². The van der Waals surface area contributed by atoms with Crippen LogP contribution in [-0.2, 0) is 6.54 Å². The molecule has 0 heterocycles. The normalized spacial score (nSPS) is 10.6. The second kappa shape index (κ2) is 8.05. The van der Waals surface area contributed by atoms with E-state index in [1.165, 1.54) is 6.07 Å². The second-order valence-electron chi connectivity index (χ2n) is 4.71. The van der Waals surface area contributed by atoms with E-state index in [0.717, 1.165) is 34.1 Å². The van der Waals surface area contributed by atoms with Gasteiger partial charge in [0.05, 0.1) is 7.11 Å². The minimum absolute atomic E-state index is 0.196. The molecule has 0 fully saturated rings. The molecule has 0 aliphatic carbocycles. The third-order valence-electron chi connectivity index (χ3n) is 3.03. The molecule has 0 amide bonds. The first-order valence-corrected chi connectivity index (χ1v) is 7.85. The monoisotopic (exact) mass is 305 g/mol. The summed E-state index contributed by atoms with van der Waals surface area (Å²) in [5.74, 6) is 0.631. The van der Waals surface area contributed by atoms with Crippen LogP contribution in [0.2, 0.25) is 0 Å². The molecule has 0 aromatic heterocycles. The van der Waals surface area contributed by atoms with E-state index in [2.05, 4.69) is 12.2 Å². The van der Waals surface area contributed by atoms with Gasteiger partial charge in [-0.1, -0.05) is 24.8 Å². The molecule has 0 aliphatic rings. The van der Waals surface area contributed by atoms with Crippen LogP contribution in [0, 0.1) is 5.82 Å². The number of benzene rings is 2. The highest BCUT2D eigenvalue weighted by Gasteiger charge is 2.07. The van der Waals surface area contributed by atoms with Gasteiger partial charge in [0.1, 0.15) is 11.6 Å². The van der Waals surface area contributed by atoms with Crippen molar-refractivity contribution in [2.75, 3.05) is 13.7 Å².